The molecule has 0 bridgehead atoms. The highest BCUT2D eigenvalue weighted by Crippen LogP contribution is 2.21. The van der Waals surface area contributed by atoms with Gasteiger partial charge in [0.15, 0.2) is 0 Å². The number of hydrogen-bond acceptors (Lipinski definition) is 3. The number of hydrogen-bond donors (Lipinski definition) is 2. The van der Waals surface area contributed by atoms with Crippen LogP contribution < -0.4 is 10.6 Å². The molecule has 1 heterocycles. The summed E-state index contributed by atoms with van der Waals surface area (Å²) in [6.45, 7) is 2.73. The Morgan fingerprint density at radius 3 is 2.74 bits per heavy atom. The average Bonchev–Trinajstić information content (AvgIpc) is 2.46. The second kappa shape index (κ2) is 7.12. The molecule has 2 rings (SSSR count). The van der Waals surface area contributed by atoms with Gasteiger partial charge in [-0.2, -0.15) is 0 Å². The number of anilines is 1. The number of carbonyl (C=O) groups is 1. The van der Waals surface area contributed by atoms with Crippen molar-refractivity contribution in [2.45, 2.75) is 51.5 Å². The number of amides is 1. The third-order valence-electron chi connectivity index (χ3n) is 3.51. The van der Waals surface area contributed by atoms with Crippen molar-refractivity contribution in [3.63, 3.8) is 0 Å². The van der Waals surface area contributed by atoms with Crippen LogP contribution in [0.15, 0.2) is 18.3 Å². The zero-order valence-corrected chi connectivity index (χ0v) is 11.6. The monoisotopic (exact) mass is 261 g/mol. The van der Waals surface area contributed by atoms with Crippen molar-refractivity contribution in [2.75, 3.05) is 11.9 Å². The van der Waals surface area contributed by atoms with Gasteiger partial charge >= 0.3 is 0 Å². The molecule has 0 aromatic carbocycles. The third kappa shape index (κ3) is 4.23. The van der Waals surface area contributed by atoms with Crippen LogP contribution in [0.5, 0.6) is 0 Å². The van der Waals surface area contributed by atoms with Crippen molar-refractivity contribution in [1.82, 2.24) is 10.3 Å². The highest BCUT2D eigenvalue weighted by Gasteiger charge is 2.13. The number of pyridine rings is 1. The summed E-state index contributed by atoms with van der Waals surface area (Å²) in [5, 5.41) is 6.32. The number of nitrogens with zero attached hydrogens (tertiary/aromatic N) is 1. The summed E-state index contributed by atoms with van der Waals surface area (Å²) in [5.74, 6) is -0.0916. The Labute approximate surface area is 115 Å². The van der Waals surface area contributed by atoms with E-state index in [1.54, 1.807) is 12.3 Å². The maximum Gasteiger partial charge on any atom is 0.269 e. The van der Waals surface area contributed by atoms with Gasteiger partial charge in [-0.15, -0.1) is 0 Å². The molecule has 0 unspecified atom stereocenters. The van der Waals surface area contributed by atoms with E-state index in [1.807, 2.05) is 13.0 Å². The summed E-state index contributed by atoms with van der Waals surface area (Å²) in [6.07, 6.45) is 9.14. The lowest BCUT2D eigenvalue weighted by molar-refractivity contribution is 0.0949. The third-order valence-corrected chi connectivity index (χ3v) is 3.51. The maximum atomic E-state index is 11.7. The molecular formula is C15H23N3O. The molecule has 2 N–H and O–H groups in total. The second-order valence-corrected chi connectivity index (χ2v) is 5.17. The van der Waals surface area contributed by atoms with Crippen LogP contribution in [-0.4, -0.2) is 23.5 Å². The molecule has 104 valence electrons. The quantitative estimate of drug-likeness (QED) is 0.856. The van der Waals surface area contributed by atoms with Crippen LogP contribution in [0.2, 0.25) is 0 Å². The molecular weight excluding hydrogens is 238 g/mol. The summed E-state index contributed by atoms with van der Waals surface area (Å²) in [7, 11) is 0. The minimum absolute atomic E-state index is 0.0916. The van der Waals surface area contributed by atoms with Crippen molar-refractivity contribution in [1.29, 1.82) is 0 Å². The smallest absolute Gasteiger partial charge is 0.269 e. The molecule has 1 aliphatic carbocycles. The van der Waals surface area contributed by atoms with Crippen LogP contribution in [0.3, 0.4) is 0 Å². The van der Waals surface area contributed by atoms with Crippen LogP contribution in [-0.2, 0) is 0 Å². The van der Waals surface area contributed by atoms with Gasteiger partial charge in [0.25, 0.3) is 5.91 Å². The van der Waals surface area contributed by atoms with E-state index in [-0.39, 0.29) is 5.91 Å². The van der Waals surface area contributed by atoms with Crippen LogP contribution in [0.4, 0.5) is 5.69 Å². The second-order valence-electron chi connectivity index (χ2n) is 5.17. The molecule has 1 saturated carbocycles. The largest absolute Gasteiger partial charge is 0.381 e. The van der Waals surface area contributed by atoms with E-state index < -0.39 is 0 Å². The van der Waals surface area contributed by atoms with Crippen LogP contribution >= 0.6 is 0 Å². The molecule has 19 heavy (non-hydrogen) atoms. The summed E-state index contributed by atoms with van der Waals surface area (Å²) in [5.41, 5.74) is 1.50. The van der Waals surface area contributed by atoms with Crippen LogP contribution in [0, 0.1) is 0 Å². The number of nitrogens with one attached hydrogen (secondary N) is 2. The van der Waals surface area contributed by atoms with Gasteiger partial charge in [0.2, 0.25) is 0 Å². The number of carbonyl (C=O) groups excluding carboxylic acids is 1. The normalized spacial score (nSPS) is 16.1. The molecule has 1 fully saturated rings. The van der Waals surface area contributed by atoms with Gasteiger partial charge in [-0.05, 0) is 31.4 Å². The molecule has 1 amide bonds. The Morgan fingerprint density at radius 2 is 2.11 bits per heavy atom. The topological polar surface area (TPSA) is 54.0 Å². The first kappa shape index (κ1) is 13.8. The fraction of sp³-hybridized carbons (Fsp3) is 0.600. The van der Waals surface area contributed by atoms with Gasteiger partial charge in [0, 0.05) is 12.6 Å². The molecule has 1 aromatic rings. The zero-order chi connectivity index (χ0) is 13.5. The molecule has 0 radical (unpaired) electrons. The van der Waals surface area contributed by atoms with E-state index in [9.17, 15) is 4.79 Å². The van der Waals surface area contributed by atoms with E-state index in [2.05, 4.69) is 15.6 Å². The molecule has 4 nitrogen and oxygen atoms in total. The average molecular weight is 261 g/mol. The van der Waals surface area contributed by atoms with Crippen LogP contribution in [0.1, 0.15) is 55.9 Å². The first-order valence-corrected chi connectivity index (χ1v) is 7.30. The minimum Gasteiger partial charge on any atom is -0.381 e. The van der Waals surface area contributed by atoms with E-state index in [0.717, 1.165) is 12.1 Å². The molecule has 0 atom stereocenters. The van der Waals surface area contributed by atoms with Crippen molar-refractivity contribution in [2.24, 2.45) is 0 Å². The first-order valence-electron chi connectivity index (χ1n) is 7.30. The van der Waals surface area contributed by atoms with Crippen molar-refractivity contribution in [3.05, 3.63) is 24.0 Å². The van der Waals surface area contributed by atoms with E-state index in [4.69, 9.17) is 0 Å². The zero-order valence-electron chi connectivity index (χ0n) is 11.6. The summed E-state index contributed by atoms with van der Waals surface area (Å²) < 4.78 is 0. The molecule has 0 aliphatic heterocycles. The van der Waals surface area contributed by atoms with Crippen LogP contribution in [0.25, 0.3) is 0 Å². The number of rotatable bonds is 5. The van der Waals surface area contributed by atoms with Gasteiger partial charge in [0.05, 0.1) is 11.9 Å². The summed E-state index contributed by atoms with van der Waals surface area (Å²) >= 11 is 0. The Hall–Kier alpha value is -1.58. The fourth-order valence-corrected chi connectivity index (χ4v) is 2.43. The lowest BCUT2D eigenvalue weighted by Gasteiger charge is -2.23. The Kier molecular flexibility index (Phi) is 5.19. The van der Waals surface area contributed by atoms with Gasteiger partial charge in [-0.1, -0.05) is 26.2 Å². The van der Waals surface area contributed by atoms with Crippen molar-refractivity contribution >= 4 is 11.6 Å². The maximum absolute atomic E-state index is 11.7. The Balaban J connectivity index is 1.88. The molecule has 1 aliphatic rings. The van der Waals surface area contributed by atoms with Crippen molar-refractivity contribution in [3.8, 4) is 0 Å². The highest BCUT2D eigenvalue weighted by atomic mass is 16.1. The number of aromatic nitrogens is 1. The summed E-state index contributed by atoms with van der Waals surface area (Å²) in [6, 6.07) is 4.30. The lowest BCUT2D eigenvalue weighted by atomic mass is 9.95. The van der Waals surface area contributed by atoms with E-state index in [0.29, 0.717) is 18.3 Å². The first-order chi connectivity index (χ1) is 9.29. The Bertz CT molecular complexity index is 396. The standard InChI is InChI=1S/C15H23N3O/c1-2-10-16-15(19)14-9-8-13(11-17-14)18-12-6-4-3-5-7-12/h8-9,11-12,18H,2-7,10H2,1H3,(H,16,19). The van der Waals surface area contributed by atoms with Gasteiger partial charge in [-0.3, -0.25) is 4.79 Å². The SMILES string of the molecule is CCCNC(=O)c1ccc(NC2CCCCC2)cn1. The van der Waals surface area contributed by atoms with Gasteiger partial charge < -0.3 is 10.6 Å². The molecule has 0 spiro atoms. The summed E-state index contributed by atoms with van der Waals surface area (Å²) in [4.78, 5) is 15.9. The Morgan fingerprint density at radius 1 is 1.32 bits per heavy atom. The van der Waals surface area contributed by atoms with E-state index >= 15 is 0 Å². The van der Waals surface area contributed by atoms with Gasteiger partial charge in [0.1, 0.15) is 5.69 Å². The van der Waals surface area contributed by atoms with E-state index in [1.165, 1.54) is 32.1 Å². The predicted octanol–water partition coefficient (Wildman–Crippen LogP) is 2.97. The highest BCUT2D eigenvalue weighted by molar-refractivity contribution is 5.92. The minimum atomic E-state index is -0.0916. The predicted molar refractivity (Wildman–Crippen MR) is 77.4 cm³/mol. The van der Waals surface area contributed by atoms with Crippen molar-refractivity contribution < 1.29 is 4.79 Å². The lowest BCUT2D eigenvalue weighted by Crippen LogP contribution is -2.25. The fourth-order valence-electron chi connectivity index (χ4n) is 2.43. The molecule has 0 saturated heterocycles. The molecule has 1 aromatic heterocycles. The van der Waals surface area contributed by atoms with Gasteiger partial charge in [-0.25, -0.2) is 4.98 Å². The molecule has 4 heteroatoms.